The second-order valence-corrected chi connectivity index (χ2v) is 5.61. The lowest BCUT2D eigenvalue weighted by molar-refractivity contribution is -0.137. The van der Waals surface area contributed by atoms with E-state index in [1.54, 1.807) is 17.9 Å². The molecule has 0 saturated carbocycles. The maximum absolute atomic E-state index is 12.6. The average molecular weight is 339 g/mol. The van der Waals surface area contributed by atoms with Crippen LogP contribution in [-0.2, 0) is 6.18 Å². The number of halogens is 3. The van der Waals surface area contributed by atoms with Crippen LogP contribution < -0.4 is 4.90 Å². The Bertz CT molecular complexity index is 717. The zero-order valence-electron chi connectivity index (χ0n) is 13.0. The predicted molar refractivity (Wildman–Crippen MR) is 80.8 cm³/mol. The van der Waals surface area contributed by atoms with Crippen LogP contribution in [0.4, 0.5) is 19.0 Å². The second kappa shape index (κ2) is 6.18. The number of aromatic nitrogens is 1. The van der Waals surface area contributed by atoms with Gasteiger partial charge in [-0.05, 0) is 25.1 Å². The third kappa shape index (κ3) is 3.22. The molecule has 0 spiro atoms. The molecule has 0 aliphatic carbocycles. The number of anilines is 1. The van der Waals surface area contributed by atoms with Crippen LogP contribution in [0.15, 0.2) is 35.1 Å². The molecule has 2 aromatic heterocycles. The van der Waals surface area contributed by atoms with Gasteiger partial charge in [0.25, 0.3) is 5.91 Å². The van der Waals surface area contributed by atoms with Crippen LogP contribution in [0.25, 0.3) is 0 Å². The molecule has 0 bridgehead atoms. The van der Waals surface area contributed by atoms with E-state index >= 15 is 0 Å². The summed E-state index contributed by atoms with van der Waals surface area (Å²) in [6, 6.07) is 4.11. The van der Waals surface area contributed by atoms with Gasteiger partial charge in [-0.2, -0.15) is 13.2 Å². The molecule has 24 heavy (non-hydrogen) atoms. The van der Waals surface area contributed by atoms with Crippen molar-refractivity contribution in [3.63, 3.8) is 0 Å². The van der Waals surface area contributed by atoms with Gasteiger partial charge in [0.2, 0.25) is 0 Å². The van der Waals surface area contributed by atoms with Crippen molar-refractivity contribution >= 4 is 11.7 Å². The van der Waals surface area contributed by atoms with E-state index in [1.807, 2.05) is 4.90 Å². The summed E-state index contributed by atoms with van der Waals surface area (Å²) in [6.07, 6.45) is -2.08. The number of carbonyl (C=O) groups excluding carboxylic acids is 1. The van der Waals surface area contributed by atoms with Gasteiger partial charge in [0, 0.05) is 37.9 Å². The summed E-state index contributed by atoms with van der Waals surface area (Å²) in [6.45, 7) is 3.73. The molecule has 128 valence electrons. The number of rotatable bonds is 2. The summed E-state index contributed by atoms with van der Waals surface area (Å²) >= 11 is 0. The molecular weight excluding hydrogens is 323 g/mol. The fourth-order valence-corrected chi connectivity index (χ4v) is 2.61. The van der Waals surface area contributed by atoms with E-state index in [-0.39, 0.29) is 5.91 Å². The number of pyridine rings is 1. The van der Waals surface area contributed by atoms with Gasteiger partial charge in [-0.25, -0.2) is 4.98 Å². The molecule has 1 aliphatic rings. The van der Waals surface area contributed by atoms with Gasteiger partial charge in [0.05, 0.1) is 11.8 Å². The van der Waals surface area contributed by atoms with Crippen molar-refractivity contribution in [2.45, 2.75) is 13.1 Å². The lowest BCUT2D eigenvalue weighted by atomic mass is 10.2. The van der Waals surface area contributed by atoms with Crippen molar-refractivity contribution < 1.29 is 22.4 Å². The Hall–Kier alpha value is -2.51. The highest BCUT2D eigenvalue weighted by Crippen LogP contribution is 2.29. The second-order valence-electron chi connectivity index (χ2n) is 5.61. The molecule has 1 aliphatic heterocycles. The zero-order valence-corrected chi connectivity index (χ0v) is 13.0. The first kappa shape index (κ1) is 16.4. The standard InChI is InChI=1S/C16H16F3N3O2/c1-11-4-9-24-14(11)15(23)22-7-5-21(6-8-22)13-3-2-12(10-20-13)16(17,18)19/h2-4,9-10H,5-8H2,1H3. The fraction of sp³-hybridized carbons (Fsp3) is 0.375. The Morgan fingerprint density at radius 3 is 2.38 bits per heavy atom. The van der Waals surface area contributed by atoms with E-state index in [4.69, 9.17) is 4.42 Å². The van der Waals surface area contributed by atoms with Crippen molar-refractivity contribution in [1.29, 1.82) is 0 Å². The number of nitrogens with zero attached hydrogens (tertiary/aromatic N) is 3. The average Bonchev–Trinajstić information content (AvgIpc) is 3.00. The Labute approximate surface area is 136 Å². The van der Waals surface area contributed by atoms with Gasteiger partial charge in [0.1, 0.15) is 5.82 Å². The third-order valence-electron chi connectivity index (χ3n) is 4.02. The van der Waals surface area contributed by atoms with Crippen LogP contribution in [0.3, 0.4) is 0 Å². The molecule has 1 saturated heterocycles. The van der Waals surface area contributed by atoms with E-state index in [0.29, 0.717) is 37.8 Å². The number of carbonyl (C=O) groups is 1. The molecule has 8 heteroatoms. The molecule has 3 heterocycles. The first-order valence-corrected chi connectivity index (χ1v) is 7.48. The van der Waals surface area contributed by atoms with Gasteiger partial charge in [0.15, 0.2) is 5.76 Å². The Kier molecular flexibility index (Phi) is 4.21. The minimum Gasteiger partial charge on any atom is -0.459 e. The number of aryl methyl sites for hydroxylation is 1. The molecule has 0 radical (unpaired) electrons. The maximum atomic E-state index is 12.6. The monoisotopic (exact) mass is 339 g/mol. The van der Waals surface area contributed by atoms with Gasteiger partial charge in [-0.15, -0.1) is 0 Å². The zero-order chi connectivity index (χ0) is 17.3. The quantitative estimate of drug-likeness (QED) is 0.844. The Morgan fingerprint density at radius 2 is 1.88 bits per heavy atom. The van der Waals surface area contributed by atoms with Crippen molar-refractivity contribution in [1.82, 2.24) is 9.88 Å². The van der Waals surface area contributed by atoms with E-state index in [0.717, 1.165) is 17.8 Å². The molecule has 3 rings (SSSR count). The van der Waals surface area contributed by atoms with Crippen LogP contribution in [-0.4, -0.2) is 42.0 Å². The smallest absolute Gasteiger partial charge is 0.417 e. The summed E-state index contributed by atoms with van der Waals surface area (Å²) in [5, 5.41) is 0. The summed E-state index contributed by atoms with van der Waals surface area (Å²) in [5.41, 5.74) is 0.0141. The van der Waals surface area contributed by atoms with Crippen LogP contribution in [0, 0.1) is 6.92 Å². The molecule has 2 aromatic rings. The van der Waals surface area contributed by atoms with Crippen LogP contribution in [0.5, 0.6) is 0 Å². The minimum atomic E-state index is -4.39. The van der Waals surface area contributed by atoms with Crippen molar-refractivity contribution in [2.24, 2.45) is 0 Å². The molecule has 0 N–H and O–H groups in total. The summed E-state index contributed by atoms with van der Waals surface area (Å²) in [4.78, 5) is 19.8. The molecule has 0 unspecified atom stereocenters. The first-order valence-electron chi connectivity index (χ1n) is 7.48. The molecule has 1 fully saturated rings. The number of furan rings is 1. The molecule has 0 atom stereocenters. The van der Waals surface area contributed by atoms with Gasteiger partial charge in [-0.3, -0.25) is 4.79 Å². The number of alkyl halides is 3. The van der Waals surface area contributed by atoms with Gasteiger partial charge >= 0.3 is 6.18 Å². The van der Waals surface area contributed by atoms with Crippen LogP contribution in [0.2, 0.25) is 0 Å². The normalized spacial score (nSPS) is 15.7. The van der Waals surface area contributed by atoms with Crippen LogP contribution >= 0.6 is 0 Å². The topological polar surface area (TPSA) is 49.6 Å². The molecule has 1 amide bonds. The number of hydrogen-bond donors (Lipinski definition) is 0. The van der Waals surface area contributed by atoms with E-state index in [1.165, 1.54) is 12.3 Å². The minimum absolute atomic E-state index is 0.169. The SMILES string of the molecule is Cc1ccoc1C(=O)N1CCN(c2ccc(C(F)(F)F)cn2)CC1. The van der Waals surface area contributed by atoms with E-state index in [9.17, 15) is 18.0 Å². The maximum Gasteiger partial charge on any atom is 0.417 e. The van der Waals surface area contributed by atoms with Gasteiger partial charge in [-0.1, -0.05) is 0 Å². The van der Waals surface area contributed by atoms with Crippen LogP contribution in [0.1, 0.15) is 21.7 Å². The largest absolute Gasteiger partial charge is 0.459 e. The predicted octanol–water partition coefficient (Wildman–Crippen LogP) is 2.96. The number of hydrogen-bond acceptors (Lipinski definition) is 4. The van der Waals surface area contributed by atoms with E-state index in [2.05, 4.69) is 4.98 Å². The third-order valence-corrected chi connectivity index (χ3v) is 4.02. The summed E-state index contributed by atoms with van der Waals surface area (Å²) in [7, 11) is 0. The molecule has 5 nitrogen and oxygen atoms in total. The fourth-order valence-electron chi connectivity index (χ4n) is 2.61. The summed E-state index contributed by atoms with van der Waals surface area (Å²) < 4.78 is 42.9. The molecule has 0 aromatic carbocycles. The van der Waals surface area contributed by atoms with Crippen molar-refractivity contribution in [3.8, 4) is 0 Å². The highest BCUT2D eigenvalue weighted by Gasteiger charge is 2.31. The van der Waals surface area contributed by atoms with Crippen molar-refractivity contribution in [3.05, 3.63) is 47.5 Å². The lowest BCUT2D eigenvalue weighted by Gasteiger charge is -2.35. The number of piperazine rings is 1. The van der Waals surface area contributed by atoms with Gasteiger partial charge < -0.3 is 14.2 Å². The number of amides is 1. The highest BCUT2D eigenvalue weighted by molar-refractivity contribution is 5.93. The lowest BCUT2D eigenvalue weighted by Crippen LogP contribution is -2.49. The summed E-state index contributed by atoms with van der Waals surface area (Å²) in [5.74, 6) is 0.637. The van der Waals surface area contributed by atoms with Crippen molar-refractivity contribution in [2.75, 3.05) is 31.1 Å². The molecular formula is C16H16F3N3O2. The Balaban J connectivity index is 1.63. The van der Waals surface area contributed by atoms with E-state index < -0.39 is 11.7 Å². The highest BCUT2D eigenvalue weighted by atomic mass is 19.4. The first-order chi connectivity index (χ1) is 11.4. The Morgan fingerprint density at radius 1 is 1.17 bits per heavy atom.